The Bertz CT molecular complexity index is 300. The van der Waals surface area contributed by atoms with Crippen molar-refractivity contribution in [1.82, 2.24) is 4.67 Å². The Morgan fingerprint density at radius 1 is 1.31 bits per heavy atom. The van der Waals surface area contributed by atoms with E-state index in [0.29, 0.717) is 5.75 Å². The summed E-state index contributed by atoms with van der Waals surface area (Å²) in [5, 5.41) is 0. The summed E-state index contributed by atoms with van der Waals surface area (Å²) in [5.41, 5.74) is 0. The minimum absolute atomic E-state index is 0.626. The van der Waals surface area contributed by atoms with E-state index in [9.17, 15) is 4.57 Å². The zero-order valence-corrected chi connectivity index (χ0v) is 10.0. The lowest BCUT2D eigenvalue weighted by atomic mass is 10.3. The van der Waals surface area contributed by atoms with E-state index in [1.165, 1.54) is 0 Å². The third-order valence-electron chi connectivity index (χ3n) is 1.38. The quantitative estimate of drug-likeness (QED) is 0.786. The van der Waals surface area contributed by atoms with Crippen molar-refractivity contribution >= 4 is 24.1 Å². The average molecular weight is 264 g/mol. The molecule has 0 heterocycles. The SMILES string of the molecule is CN(C)[PH](=O)Oc1ccc(Br)cc1. The van der Waals surface area contributed by atoms with Gasteiger partial charge in [-0.05, 0) is 38.4 Å². The van der Waals surface area contributed by atoms with Gasteiger partial charge >= 0.3 is 8.18 Å². The van der Waals surface area contributed by atoms with Crippen molar-refractivity contribution in [2.75, 3.05) is 14.1 Å². The van der Waals surface area contributed by atoms with Crippen LogP contribution < -0.4 is 4.52 Å². The Labute approximate surface area is 86.7 Å². The molecule has 0 aromatic heterocycles. The summed E-state index contributed by atoms with van der Waals surface area (Å²) in [4.78, 5) is 0. The summed E-state index contributed by atoms with van der Waals surface area (Å²) in [6.45, 7) is 0. The fourth-order valence-electron chi connectivity index (χ4n) is 0.695. The van der Waals surface area contributed by atoms with E-state index in [1.54, 1.807) is 30.9 Å². The first-order chi connectivity index (χ1) is 6.09. The molecule has 0 amide bonds. The molecule has 0 aliphatic heterocycles. The molecule has 3 nitrogen and oxygen atoms in total. The molecule has 1 unspecified atom stereocenters. The van der Waals surface area contributed by atoms with Crippen LogP contribution in [0.5, 0.6) is 5.75 Å². The van der Waals surface area contributed by atoms with Gasteiger partial charge in [0.25, 0.3) is 0 Å². The van der Waals surface area contributed by atoms with Crippen LogP contribution in [0.15, 0.2) is 28.7 Å². The van der Waals surface area contributed by atoms with E-state index in [0.717, 1.165) is 4.47 Å². The average Bonchev–Trinajstić information content (AvgIpc) is 2.08. The number of hydrogen-bond acceptors (Lipinski definition) is 2. The van der Waals surface area contributed by atoms with Crippen molar-refractivity contribution in [2.45, 2.75) is 0 Å². The summed E-state index contributed by atoms with van der Waals surface area (Å²) in [5.74, 6) is 0.626. The summed E-state index contributed by atoms with van der Waals surface area (Å²) in [7, 11) is 1.34. The van der Waals surface area contributed by atoms with E-state index >= 15 is 0 Å². The first kappa shape index (κ1) is 10.8. The third kappa shape index (κ3) is 3.51. The molecule has 0 saturated carbocycles. The summed E-state index contributed by atoms with van der Waals surface area (Å²) in [6, 6.07) is 7.24. The lowest BCUT2D eigenvalue weighted by molar-refractivity contribution is 0.444. The fourth-order valence-corrected chi connectivity index (χ4v) is 1.48. The molecule has 1 aromatic rings. The monoisotopic (exact) mass is 263 g/mol. The third-order valence-corrected chi connectivity index (χ3v) is 3.05. The van der Waals surface area contributed by atoms with Crippen LogP contribution in [0.1, 0.15) is 0 Å². The Morgan fingerprint density at radius 2 is 1.85 bits per heavy atom. The Kier molecular flexibility index (Phi) is 3.97. The second-order valence-electron chi connectivity index (χ2n) is 2.72. The van der Waals surface area contributed by atoms with Crippen LogP contribution in [0.2, 0.25) is 0 Å². The number of rotatable bonds is 3. The minimum atomic E-state index is -2.10. The van der Waals surface area contributed by atoms with Crippen LogP contribution in [0.4, 0.5) is 0 Å². The maximum atomic E-state index is 11.3. The smallest absolute Gasteiger partial charge is 0.307 e. The molecule has 1 rings (SSSR count). The molecule has 0 fully saturated rings. The molecule has 0 bridgehead atoms. The van der Waals surface area contributed by atoms with Crippen molar-refractivity contribution in [3.8, 4) is 5.75 Å². The summed E-state index contributed by atoms with van der Waals surface area (Å²) < 4.78 is 19.0. The first-order valence-corrected chi connectivity index (χ1v) is 5.80. The van der Waals surface area contributed by atoms with Crippen molar-refractivity contribution in [1.29, 1.82) is 0 Å². The van der Waals surface area contributed by atoms with Crippen LogP contribution in [0.3, 0.4) is 0 Å². The number of nitrogens with zero attached hydrogens (tertiary/aromatic N) is 1. The van der Waals surface area contributed by atoms with E-state index in [-0.39, 0.29) is 0 Å². The molecule has 13 heavy (non-hydrogen) atoms. The molecule has 0 spiro atoms. The number of benzene rings is 1. The zero-order chi connectivity index (χ0) is 9.84. The van der Waals surface area contributed by atoms with Crippen LogP contribution in [-0.2, 0) is 4.57 Å². The molecular weight excluding hydrogens is 253 g/mol. The zero-order valence-electron chi connectivity index (χ0n) is 7.45. The van der Waals surface area contributed by atoms with Gasteiger partial charge in [-0.1, -0.05) is 15.9 Å². The van der Waals surface area contributed by atoms with Crippen molar-refractivity contribution in [2.24, 2.45) is 0 Å². The Morgan fingerprint density at radius 3 is 2.31 bits per heavy atom. The summed E-state index contributed by atoms with van der Waals surface area (Å²) >= 11 is 3.30. The molecule has 0 aliphatic carbocycles. The predicted molar refractivity (Wildman–Crippen MR) is 57.5 cm³/mol. The van der Waals surface area contributed by atoms with Gasteiger partial charge in [-0.15, -0.1) is 0 Å². The van der Waals surface area contributed by atoms with Crippen molar-refractivity contribution in [3.63, 3.8) is 0 Å². The van der Waals surface area contributed by atoms with Crippen molar-refractivity contribution in [3.05, 3.63) is 28.7 Å². The normalized spacial score (nSPS) is 12.9. The van der Waals surface area contributed by atoms with Gasteiger partial charge < -0.3 is 4.52 Å². The molecule has 5 heteroatoms. The topological polar surface area (TPSA) is 29.5 Å². The Hall–Kier alpha value is -0.310. The number of halogens is 1. The maximum Gasteiger partial charge on any atom is 0.307 e. The van der Waals surface area contributed by atoms with Crippen LogP contribution in [-0.4, -0.2) is 18.8 Å². The molecular formula is C8H11BrNO2P. The molecule has 72 valence electrons. The molecule has 0 aliphatic rings. The molecule has 1 aromatic carbocycles. The lowest BCUT2D eigenvalue weighted by Crippen LogP contribution is -2.02. The van der Waals surface area contributed by atoms with Gasteiger partial charge in [0.1, 0.15) is 5.75 Å². The van der Waals surface area contributed by atoms with Gasteiger partial charge in [-0.25, -0.2) is 4.67 Å². The molecule has 0 saturated heterocycles. The highest BCUT2D eigenvalue weighted by Crippen LogP contribution is 2.28. The predicted octanol–water partition coefficient (Wildman–Crippen LogP) is 2.78. The molecule has 0 N–H and O–H groups in total. The van der Waals surface area contributed by atoms with Crippen molar-refractivity contribution < 1.29 is 9.09 Å². The highest BCUT2D eigenvalue weighted by molar-refractivity contribution is 9.10. The standard InChI is InChI=1S/C8H11BrNO2P/c1-10(2)13(11)12-8-5-3-7(9)4-6-8/h3-6,13H,1-2H3. The second-order valence-corrected chi connectivity index (χ2v) is 5.26. The number of hydrogen-bond donors (Lipinski definition) is 0. The summed E-state index contributed by atoms with van der Waals surface area (Å²) in [6.07, 6.45) is 0. The van der Waals surface area contributed by atoms with Gasteiger partial charge in [-0.3, -0.25) is 4.57 Å². The Balaban J connectivity index is 2.65. The minimum Gasteiger partial charge on any atom is -0.434 e. The van der Waals surface area contributed by atoms with Crippen LogP contribution in [0.25, 0.3) is 0 Å². The molecule has 0 radical (unpaired) electrons. The van der Waals surface area contributed by atoms with E-state index in [4.69, 9.17) is 4.52 Å². The second kappa shape index (κ2) is 4.80. The highest BCUT2D eigenvalue weighted by atomic mass is 79.9. The van der Waals surface area contributed by atoms with Gasteiger partial charge in [0.05, 0.1) is 0 Å². The van der Waals surface area contributed by atoms with Gasteiger partial charge in [0, 0.05) is 4.47 Å². The molecule has 1 atom stereocenters. The fraction of sp³-hybridized carbons (Fsp3) is 0.250. The van der Waals surface area contributed by atoms with E-state index in [2.05, 4.69) is 15.9 Å². The van der Waals surface area contributed by atoms with E-state index < -0.39 is 8.18 Å². The van der Waals surface area contributed by atoms with Gasteiger partial charge in [0.2, 0.25) is 0 Å². The maximum absolute atomic E-state index is 11.3. The van der Waals surface area contributed by atoms with Crippen LogP contribution >= 0.6 is 24.1 Å². The van der Waals surface area contributed by atoms with Gasteiger partial charge in [0.15, 0.2) is 0 Å². The first-order valence-electron chi connectivity index (χ1n) is 3.74. The van der Waals surface area contributed by atoms with Crippen LogP contribution in [0, 0.1) is 0 Å². The highest BCUT2D eigenvalue weighted by Gasteiger charge is 2.02. The largest absolute Gasteiger partial charge is 0.434 e. The lowest BCUT2D eigenvalue weighted by Gasteiger charge is -2.10. The van der Waals surface area contributed by atoms with E-state index in [1.807, 2.05) is 12.1 Å². The van der Waals surface area contributed by atoms with Gasteiger partial charge in [-0.2, -0.15) is 0 Å².